The van der Waals surface area contributed by atoms with Crippen LogP contribution in [-0.4, -0.2) is 30.8 Å². The molecule has 1 atom stereocenters. The number of alkyl halides is 3. The summed E-state index contributed by atoms with van der Waals surface area (Å²) in [6.45, 7) is 3.73. The molecule has 2 heterocycles. The minimum Gasteiger partial charge on any atom is -0.379 e. The molecule has 1 aliphatic heterocycles. The van der Waals surface area contributed by atoms with Crippen molar-refractivity contribution in [1.82, 2.24) is 4.98 Å². The zero-order valence-electron chi connectivity index (χ0n) is 12.0. The molecule has 1 unspecified atom stereocenters. The molecule has 1 aromatic rings. The van der Waals surface area contributed by atoms with Gasteiger partial charge >= 0.3 is 6.18 Å². The number of rotatable bonds is 5. The average Bonchev–Trinajstić information content (AvgIpc) is 2.45. The summed E-state index contributed by atoms with van der Waals surface area (Å²) in [5.74, 6) is 0.477. The van der Waals surface area contributed by atoms with Crippen molar-refractivity contribution in [3.63, 3.8) is 0 Å². The summed E-state index contributed by atoms with van der Waals surface area (Å²) in [5.41, 5.74) is -0.699. The largest absolute Gasteiger partial charge is 0.416 e. The molecule has 2 rings (SSSR count). The molecule has 4 nitrogen and oxygen atoms in total. The standard InChI is InChI=1S/C14H20F3N3O/c1-2-5-18-12-7-10(14(15,16)17)8-13(20-12)19-11-4-3-6-21-9-11/h7-8,11H,2-6,9H2,1H3,(H2,18,19,20). The Morgan fingerprint density at radius 1 is 1.33 bits per heavy atom. The second kappa shape index (κ2) is 6.98. The number of nitrogens with zero attached hydrogens (tertiary/aromatic N) is 1. The fourth-order valence-electron chi connectivity index (χ4n) is 2.18. The third-order valence-corrected chi connectivity index (χ3v) is 3.22. The predicted octanol–water partition coefficient (Wildman–Crippen LogP) is 3.51. The van der Waals surface area contributed by atoms with E-state index in [4.69, 9.17) is 4.74 Å². The summed E-state index contributed by atoms with van der Waals surface area (Å²) in [6.07, 6.45) is -1.80. The normalized spacial score (nSPS) is 19.3. The molecule has 7 heteroatoms. The monoisotopic (exact) mass is 303 g/mol. The van der Waals surface area contributed by atoms with Gasteiger partial charge in [-0.15, -0.1) is 0 Å². The van der Waals surface area contributed by atoms with Crippen LogP contribution in [0.5, 0.6) is 0 Å². The summed E-state index contributed by atoms with van der Waals surface area (Å²) < 4.78 is 44.1. The molecule has 1 fully saturated rings. The predicted molar refractivity (Wildman–Crippen MR) is 75.5 cm³/mol. The summed E-state index contributed by atoms with van der Waals surface area (Å²) in [4.78, 5) is 4.20. The van der Waals surface area contributed by atoms with E-state index in [1.807, 2.05) is 6.92 Å². The average molecular weight is 303 g/mol. The van der Waals surface area contributed by atoms with Crippen LogP contribution in [0.2, 0.25) is 0 Å². The lowest BCUT2D eigenvalue weighted by Gasteiger charge is -2.24. The van der Waals surface area contributed by atoms with E-state index in [1.54, 1.807) is 0 Å². The second-order valence-corrected chi connectivity index (χ2v) is 5.11. The van der Waals surface area contributed by atoms with E-state index in [-0.39, 0.29) is 17.7 Å². The zero-order valence-corrected chi connectivity index (χ0v) is 12.0. The van der Waals surface area contributed by atoms with Gasteiger partial charge in [-0.25, -0.2) is 4.98 Å². The maximum absolute atomic E-state index is 12.9. The van der Waals surface area contributed by atoms with Gasteiger partial charge in [-0.3, -0.25) is 0 Å². The number of aromatic nitrogens is 1. The van der Waals surface area contributed by atoms with Gasteiger partial charge in [-0.2, -0.15) is 13.2 Å². The van der Waals surface area contributed by atoms with Gasteiger partial charge in [0.2, 0.25) is 0 Å². The van der Waals surface area contributed by atoms with Gasteiger partial charge in [-0.1, -0.05) is 6.92 Å². The van der Waals surface area contributed by atoms with E-state index >= 15 is 0 Å². The van der Waals surface area contributed by atoms with Gasteiger partial charge in [0.1, 0.15) is 11.6 Å². The molecule has 0 bridgehead atoms. The Morgan fingerprint density at radius 2 is 2.10 bits per heavy atom. The Bertz CT molecular complexity index is 459. The van der Waals surface area contributed by atoms with Crippen molar-refractivity contribution < 1.29 is 17.9 Å². The Kier molecular flexibility index (Phi) is 5.27. The fraction of sp³-hybridized carbons (Fsp3) is 0.643. The lowest BCUT2D eigenvalue weighted by atomic mass is 10.1. The minimum atomic E-state index is -4.38. The van der Waals surface area contributed by atoms with Crippen LogP contribution in [0.3, 0.4) is 0 Å². The van der Waals surface area contributed by atoms with Crippen LogP contribution in [0.4, 0.5) is 24.8 Å². The van der Waals surface area contributed by atoms with Crippen LogP contribution < -0.4 is 10.6 Å². The SMILES string of the molecule is CCCNc1cc(C(F)(F)F)cc(NC2CCCOC2)n1. The summed E-state index contributed by atoms with van der Waals surface area (Å²) in [7, 11) is 0. The summed E-state index contributed by atoms with van der Waals surface area (Å²) >= 11 is 0. The van der Waals surface area contributed by atoms with E-state index in [1.165, 1.54) is 0 Å². The highest BCUT2D eigenvalue weighted by Crippen LogP contribution is 2.32. The number of hydrogen-bond donors (Lipinski definition) is 2. The third kappa shape index (κ3) is 4.77. The van der Waals surface area contributed by atoms with Crippen molar-refractivity contribution in [3.8, 4) is 0 Å². The van der Waals surface area contributed by atoms with Crippen LogP contribution in [0.15, 0.2) is 12.1 Å². The second-order valence-electron chi connectivity index (χ2n) is 5.11. The van der Waals surface area contributed by atoms with E-state index in [2.05, 4.69) is 15.6 Å². The zero-order chi connectivity index (χ0) is 15.3. The van der Waals surface area contributed by atoms with E-state index in [9.17, 15) is 13.2 Å². The fourth-order valence-corrected chi connectivity index (χ4v) is 2.18. The Labute approximate surface area is 122 Å². The van der Waals surface area contributed by atoms with Crippen LogP contribution in [0, 0.1) is 0 Å². The van der Waals surface area contributed by atoms with Gasteiger partial charge in [0.25, 0.3) is 0 Å². The Balaban J connectivity index is 2.17. The van der Waals surface area contributed by atoms with Gasteiger partial charge < -0.3 is 15.4 Å². The number of hydrogen-bond acceptors (Lipinski definition) is 4. The minimum absolute atomic E-state index is 0.00811. The Hall–Kier alpha value is -1.50. The summed E-state index contributed by atoms with van der Waals surface area (Å²) in [5, 5.41) is 5.94. The molecule has 1 aromatic heterocycles. The van der Waals surface area contributed by atoms with Crippen LogP contribution >= 0.6 is 0 Å². The quantitative estimate of drug-likeness (QED) is 0.874. The van der Waals surface area contributed by atoms with Gasteiger partial charge in [0.15, 0.2) is 0 Å². The first-order valence-corrected chi connectivity index (χ1v) is 7.16. The molecule has 0 spiro atoms. The molecule has 2 N–H and O–H groups in total. The molecular formula is C14H20F3N3O. The molecule has 1 aliphatic rings. The number of halogens is 3. The Morgan fingerprint density at radius 3 is 2.71 bits per heavy atom. The van der Waals surface area contributed by atoms with Crippen LogP contribution in [0.1, 0.15) is 31.7 Å². The molecule has 0 aromatic carbocycles. The highest BCUT2D eigenvalue weighted by atomic mass is 19.4. The number of nitrogens with one attached hydrogen (secondary N) is 2. The first-order chi connectivity index (χ1) is 9.99. The maximum Gasteiger partial charge on any atom is 0.416 e. The first kappa shape index (κ1) is 15.9. The number of anilines is 2. The van der Waals surface area contributed by atoms with Crippen LogP contribution in [-0.2, 0) is 10.9 Å². The molecule has 1 saturated heterocycles. The first-order valence-electron chi connectivity index (χ1n) is 7.16. The van der Waals surface area contributed by atoms with Crippen molar-refractivity contribution in [1.29, 1.82) is 0 Å². The van der Waals surface area contributed by atoms with Crippen molar-refractivity contribution >= 4 is 11.6 Å². The summed E-state index contributed by atoms with van der Waals surface area (Å²) in [6, 6.07) is 2.10. The lowest BCUT2D eigenvalue weighted by Crippen LogP contribution is -2.30. The van der Waals surface area contributed by atoms with Gasteiger partial charge in [0, 0.05) is 13.2 Å². The molecule has 0 saturated carbocycles. The van der Waals surface area contributed by atoms with E-state index < -0.39 is 11.7 Å². The van der Waals surface area contributed by atoms with Crippen LogP contribution in [0.25, 0.3) is 0 Å². The van der Waals surface area contributed by atoms with E-state index in [0.29, 0.717) is 19.8 Å². The molecule has 0 amide bonds. The number of ether oxygens (including phenoxy) is 1. The molecule has 118 valence electrons. The molecule has 0 radical (unpaired) electrons. The topological polar surface area (TPSA) is 46.2 Å². The molecular weight excluding hydrogens is 283 g/mol. The smallest absolute Gasteiger partial charge is 0.379 e. The molecule has 0 aliphatic carbocycles. The van der Waals surface area contributed by atoms with Gasteiger partial charge in [0.05, 0.1) is 18.2 Å². The van der Waals surface area contributed by atoms with Crippen molar-refractivity contribution in [3.05, 3.63) is 17.7 Å². The van der Waals surface area contributed by atoms with Crippen molar-refractivity contribution in [2.75, 3.05) is 30.4 Å². The number of pyridine rings is 1. The van der Waals surface area contributed by atoms with Gasteiger partial charge in [-0.05, 0) is 31.4 Å². The highest BCUT2D eigenvalue weighted by Gasteiger charge is 2.32. The van der Waals surface area contributed by atoms with Crippen molar-refractivity contribution in [2.45, 2.75) is 38.4 Å². The van der Waals surface area contributed by atoms with E-state index in [0.717, 1.165) is 31.4 Å². The highest BCUT2D eigenvalue weighted by molar-refractivity contribution is 5.50. The van der Waals surface area contributed by atoms with Crippen molar-refractivity contribution in [2.24, 2.45) is 0 Å². The molecule has 21 heavy (non-hydrogen) atoms. The third-order valence-electron chi connectivity index (χ3n) is 3.22. The maximum atomic E-state index is 12.9. The lowest BCUT2D eigenvalue weighted by molar-refractivity contribution is -0.137.